The van der Waals surface area contributed by atoms with E-state index in [1.807, 2.05) is 6.92 Å². The van der Waals surface area contributed by atoms with Crippen LogP contribution in [0, 0.1) is 12.8 Å². The standard InChI is InChI=1S/C16H16F3NO2S/c1-11-5-7-14(8-6-11)23(21,22)20-10-15(20)12-3-2-4-13(9-12)16(17,18)19/h2,4-9,12,15H,3,10H2,1H3/t12?,15-,20?/m0/s1. The molecule has 1 saturated heterocycles. The number of benzene rings is 1. The van der Waals surface area contributed by atoms with Crippen molar-refractivity contribution in [3.63, 3.8) is 0 Å². The lowest BCUT2D eigenvalue weighted by Gasteiger charge is -2.18. The normalized spacial score (nSPS) is 27.7. The molecule has 3 atom stereocenters. The molecule has 0 radical (unpaired) electrons. The van der Waals surface area contributed by atoms with E-state index < -0.39 is 33.7 Å². The van der Waals surface area contributed by atoms with E-state index in [4.69, 9.17) is 0 Å². The third-order valence-electron chi connectivity index (χ3n) is 4.15. The Kier molecular flexibility index (Phi) is 3.88. The van der Waals surface area contributed by atoms with Gasteiger partial charge in [-0.1, -0.05) is 35.9 Å². The molecule has 1 fully saturated rings. The largest absolute Gasteiger partial charge is 0.416 e. The number of sulfonamides is 1. The molecule has 7 heteroatoms. The number of aryl methyl sites for hydroxylation is 1. The molecule has 1 heterocycles. The number of hydrogen-bond acceptors (Lipinski definition) is 2. The topological polar surface area (TPSA) is 37.1 Å². The summed E-state index contributed by atoms with van der Waals surface area (Å²) in [5, 5.41) is 0. The smallest absolute Gasteiger partial charge is 0.207 e. The first kappa shape index (κ1) is 16.3. The fraction of sp³-hybridized carbons (Fsp3) is 0.375. The van der Waals surface area contributed by atoms with Gasteiger partial charge in [0.05, 0.1) is 10.5 Å². The van der Waals surface area contributed by atoms with Crippen LogP contribution in [0.2, 0.25) is 0 Å². The van der Waals surface area contributed by atoms with Gasteiger partial charge in [-0.05, 0) is 31.4 Å². The summed E-state index contributed by atoms with van der Waals surface area (Å²) in [4.78, 5) is 0.178. The van der Waals surface area contributed by atoms with Gasteiger partial charge < -0.3 is 0 Å². The SMILES string of the molecule is Cc1ccc(S(=O)(=O)N2C[C@H]2C2C=C(C(F)(F)F)C=CC2)cc1. The lowest BCUT2D eigenvalue weighted by atomic mass is 9.93. The summed E-state index contributed by atoms with van der Waals surface area (Å²) in [6.07, 6.45) is -0.315. The maximum absolute atomic E-state index is 12.8. The molecule has 0 spiro atoms. The molecule has 0 aromatic heterocycles. The molecule has 1 aliphatic heterocycles. The Labute approximate surface area is 133 Å². The summed E-state index contributed by atoms with van der Waals surface area (Å²) in [7, 11) is -3.64. The number of nitrogens with zero attached hydrogens (tertiary/aromatic N) is 1. The van der Waals surface area contributed by atoms with Crippen LogP contribution in [-0.2, 0) is 10.0 Å². The second kappa shape index (κ2) is 5.49. The molecular formula is C16H16F3NO2S. The zero-order valence-corrected chi connectivity index (χ0v) is 13.2. The highest BCUT2D eigenvalue weighted by Gasteiger charge is 2.49. The quantitative estimate of drug-likeness (QED) is 0.789. The summed E-state index contributed by atoms with van der Waals surface area (Å²) in [5.41, 5.74) is 0.245. The highest BCUT2D eigenvalue weighted by Crippen LogP contribution is 2.39. The summed E-state index contributed by atoms with van der Waals surface area (Å²) < 4.78 is 64.6. The van der Waals surface area contributed by atoms with Crippen LogP contribution in [0.4, 0.5) is 13.2 Å². The molecule has 0 amide bonds. The third kappa shape index (κ3) is 3.21. The van der Waals surface area contributed by atoms with E-state index in [1.54, 1.807) is 12.1 Å². The second-order valence-corrected chi connectivity index (χ2v) is 7.77. The third-order valence-corrected chi connectivity index (χ3v) is 6.06. The first-order chi connectivity index (χ1) is 10.7. The van der Waals surface area contributed by atoms with Gasteiger partial charge in [0.25, 0.3) is 0 Å². The summed E-state index contributed by atoms with van der Waals surface area (Å²) in [6.45, 7) is 2.12. The van der Waals surface area contributed by atoms with Gasteiger partial charge in [-0.3, -0.25) is 0 Å². The lowest BCUT2D eigenvalue weighted by molar-refractivity contribution is -0.0889. The predicted octanol–water partition coefficient (Wildman–Crippen LogP) is 3.43. The van der Waals surface area contributed by atoms with Crippen molar-refractivity contribution in [3.05, 3.63) is 53.6 Å². The molecule has 124 valence electrons. The van der Waals surface area contributed by atoms with E-state index in [0.717, 1.165) is 17.7 Å². The minimum absolute atomic E-state index is 0.178. The lowest BCUT2D eigenvalue weighted by Crippen LogP contribution is -2.21. The van der Waals surface area contributed by atoms with Crippen LogP contribution in [0.5, 0.6) is 0 Å². The molecular weight excluding hydrogens is 327 g/mol. The minimum Gasteiger partial charge on any atom is -0.207 e. The Morgan fingerprint density at radius 3 is 2.43 bits per heavy atom. The van der Waals surface area contributed by atoms with Gasteiger partial charge in [-0.25, -0.2) is 8.42 Å². The van der Waals surface area contributed by atoms with Crippen LogP contribution in [-0.4, -0.2) is 31.5 Å². The Morgan fingerprint density at radius 2 is 1.83 bits per heavy atom. The number of halogens is 3. The van der Waals surface area contributed by atoms with Gasteiger partial charge in [0.15, 0.2) is 0 Å². The molecule has 23 heavy (non-hydrogen) atoms. The monoisotopic (exact) mass is 343 g/mol. The molecule has 3 rings (SSSR count). The number of allylic oxidation sites excluding steroid dienone is 3. The maximum atomic E-state index is 12.8. The Morgan fingerprint density at radius 1 is 1.17 bits per heavy atom. The highest BCUT2D eigenvalue weighted by atomic mass is 32.2. The predicted molar refractivity (Wildman–Crippen MR) is 80.2 cm³/mol. The van der Waals surface area contributed by atoms with Gasteiger partial charge in [0.2, 0.25) is 10.0 Å². The van der Waals surface area contributed by atoms with Gasteiger partial charge in [0.1, 0.15) is 0 Å². The van der Waals surface area contributed by atoms with Gasteiger partial charge in [-0.15, -0.1) is 0 Å². The Balaban J connectivity index is 1.78. The van der Waals surface area contributed by atoms with Crippen LogP contribution in [0.25, 0.3) is 0 Å². The van der Waals surface area contributed by atoms with Crippen molar-refractivity contribution in [1.82, 2.24) is 4.31 Å². The van der Waals surface area contributed by atoms with E-state index in [2.05, 4.69) is 0 Å². The fourth-order valence-corrected chi connectivity index (χ4v) is 4.38. The van der Waals surface area contributed by atoms with Crippen molar-refractivity contribution in [1.29, 1.82) is 0 Å². The minimum atomic E-state index is -4.40. The molecule has 2 unspecified atom stereocenters. The molecule has 0 bridgehead atoms. The van der Waals surface area contributed by atoms with E-state index in [1.165, 1.54) is 22.5 Å². The van der Waals surface area contributed by atoms with Gasteiger partial charge in [-0.2, -0.15) is 17.5 Å². The van der Waals surface area contributed by atoms with E-state index >= 15 is 0 Å². The van der Waals surface area contributed by atoms with Crippen LogP contribution in [0.3, 0.4) is 0 Å². The zero-order chi connectivity index (χ0) is 16.8. The van der Waals surface area contributed by atoms with Crippen molar-refractivity contribution in [2.75, 3.05) is 6.54 Å². The van der Waals surface area contributed by atoms with Crippen LogP contribution in [0.1, 0.15) is 12.0 Å². The highest BCUT2D eigenvalue weighted by molar-refractivity contribution is 7.89. The molecule has 1 aromatic rings. The number of hydrogen-bond donors (Lipinski definition) is 0. The first-order valence-corrected chi connectivity index (χ1v) is 8.67. The van der Waals surface area contributed by atoms with E-state index in [9.17, 15) is 21.6 Å². The molecule has 3 nitrogen and oxygen atoms in total. The molecule has 2 aliphatic rings. The molecule has 1 aromatic carbocycles. The molecule has 0 N–H and O–H groups in total. The average molecular weight is 343 g/mol. The second-order valence-electron chi connectivity index (χ2n) is 5.88. The summed E-state index contributed by atoms with van der Waals surface area (Å²) in [6, 6.07) is 6.06. The summed E-state index contributed by atoms with van der Waals surface area (Å²) in [5.74, 6) is -0.433. The average Bonchev–Trinajstić information content (AvgIpc) is 3.28. The molecule has 0 saturated carbocycles. The Bertz CT molecular complexity index is 764. The van der Waals surface area contributed by atoms with Crippen molar-refractivity contribution in [2.45, 2.75) is 30.5 Å². The van der Waals surface area contributed by atoms with Crippen LogP contribution < -0.4 is 0 Å². The van der Waals surface area contributed by atoms with Crippen molar-refractivity contribution in [3.8, 4) is 0 Å². The number of alkyl halides is 3. The fourth-order valence-electron chi connectivity index (χ4n) is 2.77. The first-order valence-electron chi connectivity index (χ1n) is 7.23. The Hall–Kier alpha value is -1.60. The summed E-state index contributed by atoms with van der Waals surface area (Å²) >= 11 is 0. The van der Waals surface area contributed by atoms with Crippen molar-refractivity contribution >= 4 is 10.0 Å². The number of rotatable bonds is 3. The maximum Gasteiger partial charge on any atom is 0.416 e. The molecule has 1 aliphatic carbocycles. The zero-order valence-electron chi connectivity index (χ0n) is 12.4. The van der Waals surface area contributed by atoms with Crippen molar-refractivity contribution in [2.24, 2.45) is 5.92 Å². The van der Waals surface area contributed by atoms with Crippen molar-refractivity contribution < 1.29 is 21.6 Å². The van der Waals surface area contributed by atoms with E-state index in [-0.39, 0.29) is 11.4 Å². The van der Waals surface area contributed by atoms with Crippen LogP contribution >= 0.6 is 0 Å². The van der Waals surface area contributed by atoms with Gasteiger partial charge in [0, 0.05) is 12.6 Å². The van der Waals surface area contributed by atoms with Gasteiger partial charge >= 0.3 is 6.18 Å². The van der Waals surface area contributed by atoms with E-state index in [0.29, 0.717) is 6.42 Å². The van der Waals surface area contributed by atoms with Crippen LogP contribution in [0.15, 0.2) is 53.0 Å².